The van der Waals surface area contributed by atoms with Crippen LogP contribution in [0, 0.1) is 11.2 Å². The molecule has 1 fully saturated rings. The summed E-state index contributed by atoms with van der Waals surface area (Å²) in [6.45, 7) is 8.85. The lowest BCUT2D eigenvalue weighted by molar-refractivity contribution is 0.242. The summed E-state index contributed by atoms with van der Waals surface area (Å²) in [5.41, 5.74) is 3.49. The van der Waals surface area contributed by atoms with E-state index in [1.165, 1.54) is 11.6 Å². The Kier molecular flexibility index (Phi) is 4.70. The van der Waals surface area contributed by atoms with Crippen molar-refractivity contribution in [3.05, 3.63) is 40.2 Å². The monoisotopic (exact) mass is 337 g/mol. The van der Waals surface area contributed by atoms with Crippen LogP contribution < -0.4 is 5.31 Å². The number of rotatable bonds is 3. The second-order valence-electron chi connectivity index (χ2n) is 7.49. The van der Waals surface area contributed by atoms with Crippen LogP contribution >= 0.6 is 11.6 Å². The zero-order valence-corrected chi connectivity index (χ0v) is 14.8. The minimum Gasteiger partial charge on any atom is -0.314 e. The first-order valence-corrected chi connectivity index (χ1v) is 8.84. The lowest BCUT2D eigenvalue weighted by atomic mass is 9.72. The SMILES string of the molecule is [2H]N1CCN(CC2=C(c3ccc(Cl)cc3F)CCC(C)(C)C2)CC1. The van der Waals surface area contributed by atoms with Gasteiger partial charge < -0.3 is 5.31 Å². The van der Waals surface area contributed by atoms with E-state index in [9.17, 15) is 4.39 Å². The number of halogens is 2. The smallest absolute Gasteiger partial charge is 0.132 e. The molecule has 0 spiro atoms. The Morgan fingerprint density at radius 3 is 2.78 bits per heavy atom. The highest BCUT2D eigenvalue weighted by molar-refractivity contribution is 6.30. The van der Waals surface area contributed by atoms with Crippen LogP contribution in [0.4, 0.5) is 4.39 Å². The molecule has 0 bridgehead atoms. The molecule has 4 heteroatoms. The van der Waals surface area contributed by atoms with Gasteiger partial charge in [-0.2, -0.15) is 0 Å². The Morgan fingerprint density at radius 1 is 1.35 bits per heavy atom. The first-order chi connectivity index (χ1) is 11.3. The van der Waals surface area contributed by atoms with Crippen LogP contribution in [0.15, 0.2) is 23.8 Å². The Hall–Kier alpha value is -0.900. The fraction of sp³-hybridized carbons (Fsp3) is 0.579. The number of hydrogen-bond donors (Lipinski definition) is 1. The van der Waals surface area contributed by atoms with E-state index in [1.54, 1.807) is 11.4 Å². The van der Waals surface area contributed by atoms with E-state index in [-0.39, 0.29) is 11.2 Å². The highest BCUT2D eigenvalue weighted by atomic mass is 35.5. The van der Waals surface area contributed by atoms with Gasteiger partial charge in [-0.3, -0.25) is 4.90 Å². The molecule has 0 aromatic heterocycles. The molecule has 2 nitrogen and oxygen atoms in total. The van der Waals surface area contributed by atoms with Crippen LogP contribution in [-0.2, 0) is 0 Å². The summed E-state index contributed by atoms with van der Waals surface area (Å²) >= 11 is 5.92. The standard InChI is InChI=1S/C19H26ClFN2/c1-19(2)6-5-16(17-4-3-15(20)11-18(17)21)14(12-19)13-23-9-7-22-8-10-23/h3-4,11,22H,5-10,12-13H2,1-2H3/i/hD. The average Bonchev–Trinajstić information content (AvgIpc) is 2.50. The van der Waals surface area contributed by atoms with Crippen molar-refractivity contribution in [3.8, 4) is 0 Å². The van der Waals surface area contributed by atoms with E-state index in [2.05, 4.69) is 18.7 Å². The lowest BCUT2D eigenvalue weighted by Crippen LogP contribution is -2.44. The molecule has 1 aromatic rings. The third-order valence-corrected chi connectivity index (χ3v) is 5.22. The van der Waals surface area contributed by atoms with Crippen LogP contribution in [-0.4, -0.2) is 37.6 Å². The largest absolute Gasteiger partial charge is 0.314 e. The van der Waals surface area contributed by atoms with E-state index < -0.39 is 0 Å². The zero-order chi connectivity index (χ0) is 17.3. The fourth-order valence-electron chi connectivity index (χ4n) is 3.70. The minimum atomic E-state index is -0.217. The van der Waals surface area contributed by atoms with Crippen molar-refractivity contribution in [1.29, 1.82) is 0 Å². The number of nitrogens with one attached hydrogen (secondary N) is 1. The fourth-order valence-corrected chi connectivity index (χ4v) is 3.86. The van der Waals surface area contributed by atoms with Gasteiger partial charge in [-0.25, -0.2) is 4.39 Å². The molecular weight excluding hydrogens is 311 g/mol. The summed E-state index contributed by atoms with van der Waals surface area (Å²) in [5, 5.41) is 2.07. The van der Waals surface area contributed by atoms with E-state index in [4.69, 9.17) is 13.0 Å². The quantitative estimate of drug-likeness (QED) is 0.882. The molecule has 0 atom stereocenters. The van der Waals surface area contributed by atoms with Crippen molar-refractivity contribution in [3.63, 3.8) is 0 Å². The molecule has 3 rings (SSSR count). The maximum absolute atomic E-state index is 14.5. The molecule has 1 saturated heterocycles. The highest BCUT2D eigenvalue weighted by Crippen LogP contribution is 2.43. The molecule has 126 valence electrons. The third kappa shape index (κ3) is 4.14. The molecule has 1 heterocycles. The highest BCUT2D eigenvalue weighted by Gasteiger charge is 2.29. The maximum atomic E-state index is 14.5. The molecule has 2 aliphatic rings. The molecule has 1 aliphatic carbocycles. The van der Waals surface area contributed by atoms with Crippen LogP contribution in [0.5, 0.6) is 0 Å². The minimum absolute atomic E-state index is 0.217. The van der Waals surface area contributed by atoms with Crippen LogP contribution in [0.1, 0.15) is 38.7 Å². The van der Waals surface area contributed by atoms with Crippen molar-refractivity contribution >= 4 is 17.2 Å². The molecule has 0 radical (unpaired) electrons. The van der Waals surface area contributed by atoms with Gasteiger partial charge in [0.05, 0.1) is 0 Å². The van der Waals surface area contributed by atoms with Crippen LogP contribution in [0.3, 0.4) is 0 Å². The van der Waals surface area contributed by atoms with Gasteiger partial charge in [0, 0.05) is 43.3 Å². The Bertz CT molecular complexity index is 636. The van der Waals surface area contributed by atoms with Gasteiger partial charge in [0.2, 0.25) is 0 Å². The van der Waals surface area contributed by atoms with Gasteiger partial charge in [0.1, 0.15) is 7.23 Å². The first kappa shape index (κ1) is 15.6. The average molecular weight is 338 g/mol. The molecular formula is C19H26ClFN2. The predicted molar refractivity (Wildman–Crippen MR) is 95.3 cm³/mol. The van der Waals surface area contributed by atoms with E-state index >= 15 is 0 Å². The normalized spacial score (nSPS) is 23.9. The van der Waals surface area contributed by atoms with Crippen LogP contribution in [0.25, 0.3) is 5.57 Å². The van der Waals surface area contributed by atoms with Crippen LogP contribution in [0.2, 0.25) is 6.43 Å². The summed E-state index contributed by atoms with van der Waals surface area (Å²) in [7, 11) is 0. The van der Waals surface area contributed by atoms with E-state index in [0.717, 1.165) is 57.6 Å². The van der Waals surface area contributed by atoms with Crippen molar-refractivity contribution in [2.75, 3.05) is 32.7 Å². The van der Waals surface area contributed by atoms with Gasteiger partial charge in [0.15, 0.2) is 0 Å². The Labute approximate surface area is 145 Å². The molecule has 1 N–H and O–H groups in total. The summed E-state index contributed by atoms with van der Waals surface area (Å²) in [6, 6.07) is 5.02. The first-order valence-electron chi connectivity index (χ1n) is 8.91. The summed E-state index contributed by atoms with van der Waals surface area (Å²) in [4.78, 5) is 2.40. The number of piperazine rings is 1. The second kappa shape index (κ2) is 6.92. The molecule has 0 saturated carbocycles. The van der Waals surface area contributed by atoms with Crippen molar-refractivity contribution in [2.45, 2.75) is 33.1 Å². The molecule has 1 aliphatic heterocycles. The van der Waals surface area contributed by atoms with Crippen molar-refractivity contribution in [2.24, 2.45) is 5.41 Å². The van der Waals surface area contributed by atoms with Gasteiger partial charge in [-0.05, 0) is 42.4 Å². The van der Waals surface area contributed by atoms with Gasteiger partial charge in [0.25, 0.3) is 0 Å². The third-order valence-electron chi connectivity index (χ3n) is 4.99. The topological polar surface area (TPSA) is 15.3 Å². The summed E-state index contributed by atoms with van der Waals surface area (Å²) < 4.78 is 22.2. The zero-order valence-electron chi connectivity index (χ0n) is 15.0. The van der Waals surface area contributed by atoms with Gasteiger partial charge in [-0.15, -0.1) is 0 Å². The summed E-state index contributed by atoms with van der Waals surface area (Å²) in [5.74, 6) is -0.217. The number of hydrogen-bond acceptors (Lipinski definition) is 2. The second-order valence-corrected chi connectivity index (χ2v) is 7.93. The van der Waals surface area contributed by atoms with Crippen molar-refractivity contribution in [1.82, 2.24) is 10.2 Å². The predicted octanol–water partition coefficient (Wildman–Crippen LogP) is 4.35. The molecule has 0 amide bonds. The van der Waals surface area contributed by atoms with Crippen molar-refractivity contribution < 1.29 is 5.80 Å². The van der Waals surface area contributed by atoms with E-state index in [1.807, 2.05) is 6.07 Å². The number of allylic oxidation sites excluding steroid dienone is 1. The lowest BCUT2D eigenvalue weighted by Gasteiger charge is -2.37. The number of nitrogens with zero attached hydrogens (tertiary/aromatic N) is 1. The molecule has 0 unspecified atom stereocenters. The molecule has 1 aromatic carbocycles. The number of benzene rings is 1. The Balaban J connectivity index is 1.89. The maximum Gasteiger partial charge on any atom is 0.132 e. The van der Waals surface area contributed by atoms with E-state index in [0.29, 0.717) is 10.6 Å². The molecule has 23 heavy (non-hydrogen) atoms. The summed E-state index contributed by atoms with van der Waals surface area (Å²) in [6.07, 6.45) is 3.00. The van der Waals surface area contributed by atoms with Gasteiger partial charge in [-0.1, -0.05) is 37.1 Å². The Morgan fingerprint density at radius 2 is 2.09 bits per heavy atom. The van der Waals surface area contributed by atoms with Gasteiger partial charge >= 0.3 is 0 Å².